The van der Waals surface area contributed by atoms with E-state index in [1.165, 1.54) is 19.3 Å². The number of carbonyl (C=O) groups is 1. The molecular formula is C22H25NO3. The summed E-state index contributed by atoms with van der Waals surface area (Å²) < 4.78 is 11.1. The van der Waals surface area contributed by atoms with Crippen LogP contribution in [0.3, 0.4) is 0 Å². The number of ketones is 1. The molecule has 1 atom stereocenters. The maximum Gasteiger partial charge on any atom is 0.223 e. The molecule has 2 aliphatic carbocycles. The van der Waals surface area contributed by atoms with Crippen molar-refractivity contribution in [2.24, 2.45) is 10.4 Å². The molecule has 1 heterocycles. The molecule has 4 heteroatoms. The molecule has 0 saturated heterocycles. The first-order valence-corrected chi connectivity index (χ1v) is 9.36. The SMILES string of the molecule is COC1=CC2(CC3(CCCCC3)N=C2c2ccccc2)C(OC)=CC1=O. The number of ether oxygens (including phenoxy) is 2. The van der Waals surface area contributed by atoms with E-state index in [4.69, 9.17) is 14.5 Å². The zero-order chi connectivity index (χ0) is 18.2. The molecule has 4 nitrogen and oxygen atoms in total. The van der Waals surface area contributed by atoms with Gasteiger partial charge in [-0.25, -0.2) is 0 Å². The third kappa shape index (κ3) is 2.59. The molecule has 0 bridgehead atoms. The maximum atomic E-state index is 12.4. The first kappa shape index (κ1) is 17.1. The number of allylic oxidation sites excluding steroid dienone is 2. The molecule has 136 valence electrons. The van der Waals surface area contributed by atoms with Gasteiger partial charge >= 0.3 is 0 Å². The summed E-state index contributed by atoms with van der Waals surface area (Å²) in [6.07, 6.45) is 10.2. The summed E-state index contributed by atoms with van der Waals surface area (Å²) in [4.78, 5) is 17.7. The number of methoxy groups -OCH3 is 2. The van der Waals surface area contributed by atoms with Crippen molar-refractivity contribution < 1.29 is 14.3 Å². The average Bonchev–Trinajstić information content (AvgIpc) is 2.98. The van der Waals surface area contributed by atoms with Crippen LogP contribution in [0.25, 0.3) is 0 Å². The van der Waals surface area contributed by atoms with Crippen LogP contribution in [-0.2, 0) is 14.3 Å². The van der Waals surface area contributed by atoms with E-state index in [0.717, 1.165) is 30.5 Å². The van der Waals surface area contributed by atoms with E-state index in [2.05, 4.69) is 12.1 Å². The summed E-state index contributed by atoms with van der Waals surface area (Å²) in [5.74, 6) is 0.905. The standard InChI is InChI=1S/C22H25NO3/c1-25-18-14-22(19(26-2)13-17(18)24)15-21(11-7-4-8-12-21)23-20(22)16-9-5-3-6-10-16/h3,5-6,9-10,13-14H,4,7-8,11-12,15H2,1-2H3. The van der Waals surface area contributed by atoms with Gasteiger partial charge in [0.1, 0.15) is 5.76 Å². The molecule has 1 aromatic rings. The summed E-state index contributed by atoms with van der Waals surface area (Å²) in [7, 11) is 3.19. The van der Waals surface area contributed by atoms with Gasteiger partial charge in [0.2, 0.25) is 5.78 Å². The Labute approximate surface area is 154 Å². The third-order valence-corrected chi connectivity index (χ3v) is 5.97. The van der Waals surface area contributed by atoms with Crippen LogP contribution < -0.4 is 0 Å². The summed E-state index contributed by atoms with van der Waals surface area (Å²) in [5.41, 5.74) is 1.47. The van der Waals surface area contributed by atoms with Gasteiger partial charge in [0.05, 0.1) is 30.9 Å². The average molecular weight is 351 g/mol. The molecule has 0 N–H and O–H groups in total. The summed E-state index contributed by atoms with van der Waals surface area (Å²) in [6.45, 7) is 0. The Morgan fingerprint density at radius 2 is 1.73 bits per heavy atom. The quantitative estimate of drug-likeness (QED) is 0.819. The maximum absolute atomic E-state index is 12.4. The summed E-state index contributed by atoms with van der Waals surface area (Å²) in [5, 5.41) is 0. The highest BCUT2D eigenvalue weighted by Crippen LogP contribution is 2.54. The molecule has 1 aliphatic heterocycles. The number of benzene rings is 1. The fourth-order valence-electron chi connectivity index (χ4n) is 4.80. The molecule has 0 amide bonds. The Bertz CT molecular complexity index is 800. The molecule has 0 radical (unpaired) electrons. The second-order valence-corrected chi connectivity index (χ2v) is 7.55. The molecule has 1 aromatic carbocycles. The minimum atomic E-state index is -0.535. The number of hydrogen-bond acceptors (Lipinski definition) is 4. The predicted octanol–water partition coefficient (Wildman–Crippen LogP) is 4.21. The Morgan fingerprint density at radius 3 is 2.38 bits per heavy atom. The minimum absolute atomic E-state index is 0.0726. The van der Waals surface area contributed by atoms with Crippen LogP contribution in [0.5, 0.6) is 0 Å². The van der Waals surface area contributed by atoms with E-state index in [1.807, 2.05) is 24.3 Å². The van der Waals surface area contributed by atoms with Crippen molar-refractivity contribution in [1.82, 2.24) is 0 Å². The van der Waals surface area contributed by atoms with Crippen molar-refractivity contribution in [3.05, 3.63) is 59.6 Å². The van der Waals surface area contributed by atoms with Crippen LogP contribution in [0.4, 0.5) is 0 Å². The Kier molecular flexibility index (Phi) is 4.22. The van der Waals surface area contributed by atoms with Crippen LogP contribution in [0.1, 0.15) is 44.1 Å². The van der Waals surface area contributed by atoms with Crippen LogP contribution in [-0.4, -0.2) is 31.3 Å². The lowest BCUT2D eigenvalue weighted by Crippen LogP contribution is -2.37. The smallest absolute Gasteiger partial charge is 0.223 e. The van der Waals surface area contributed by atoms with Crippen LogP contribution in [0.2, 0.25) is 0 Å². The first-order valence-electron chi connectivity index (χ1n) is 9.36. The fraction of sp³-hybridized carbons (Fsp3) is 0.455. The molecule has 2 spiro atoms. The lowest BCUT2D eigenvalue weighted by atomic mass is 9.67. The van der Waals surface area contributed by atoms with Crippen molar-refractivity contribution >= 4 is 11.5 Å². The first-order chi connectivity index (χ1) is 12.6. The number of rotatable bonds is 3. The monoisotopic (exact) mass is 351 g/mol. The van der Waals surface area contributed by atoms with E-state index in [9.17, 15) is 4.79 Å². The van der Waals surface area contributed by atoms with Gasteiger partial charge in [0, 0.05) is 6.08 Å². The highest BCUT2D eigenvalue weighted by molar-refractivity contribution is 6.13. The minimum Gasteiger partial charge on any atom is -0.500 e. The molecule has 4 rings (SSSR count). The van der Waals surface area contributed by atoms with Gasteiger partial charge in [0.15, 0.2) is 5.76 Å². The zero-order valence-electron chi connectivity index (χ0n) is 15.5. The number of nitrogens with zero attached hydrogens (tertiary/aromatic N) is 1. The molecule has 1 unspecified atom stereocenters. The lowest BCUT2D eigenvalue weighted by Gasteiger charge is -2.36. The topological polar surface area (TPSA) is 47.9 Å². The summed E-state index contributed by atoms with van der Waals surface area (Å²) >= 11 is 0. The highest BCUT2D eigenvalue weighted by atomic mass is 16.5. The Balaban J connectivity index is 1.90. The molecule has 1 fully saturated rings. The number of aliphatic imine (C=N–C) groups is 1. The van der Waals surface area contributed by atoms with Gasteiger partial charge in [-0.15, -0.1) is 0 Å². The second kappa shape index (κ2) is 6.42. The normalized spacial score (nSPS) is 27.2. The van der Waals surface area contributed by atoms with Crippen molar-refractivity contribution in [2.75, 3.05) is 14.2 Å². The van der Waals surface area contributed by atoms with Crippen molar-refractivity contribution in [1.29, 1.82) is 0 Å². The zero-order valence-corrected chi connectivity index (χ0v) is 15.5. The van der Waals surface area contributed by atoms with Crippen LogP contribution >= 0.6 is 0 Å². The van der Waals surface area contributed by atoms with Gasteiger partial charge in [-0.3, -0.25) is 9.79 Å². The van der Waals surface area contributed by atoms with Crippen LogP contribution in [0.15, 0.2) is 59.0 Å². The largest absolute Gasteiger partial charge is 0.500 e. The third-order valence-electron chi connectivity index (χ3n) is 5.97. The van der Waals surface area contributed by atoms with Gasteiger partial charge in [0.25, 0.3) is 0 Å². The fourth-order valence-corrected chi connectivity index (χ4v) is 4.80. The van der Waals surface area contributed by atoms with E-state index in [1.54, 1.807) is 20.3 Å². The second-order valence-electron chi connectivity index (χ2n) is 7.55. The van der Waals surface area contributed by atoms with Crippen molar-refractivity contribution in [3.8, 4) is 0 Å². The molecular weight excluding hydrogens is 326 g/mol. The van der Waals surface area contributed by atoms with Crippen molar-refractivity contribution in [2.45, 2.75) is 44.1 Å². The molecule has 3 aliphatic rings. The lowest BCUT2D eigenvalue weighted by molar-refractivity contribution is -0.114. The molecule has 26 heavy (non-hydrogen) atoms. The van der Waals surface area contributed by atoms with Gasteiger partial charge in [-0.2, -0.15) is 0 Å². The van der Waals surface area contributed by atoms with Gasteiger partial charge in [-0.1, -0.05) is 49.6 Å². The predicted molar refractivity (Wildman–Crippen MR) is 101 cm³/mol. The van der Waals surface area contributed by atoms with Gasteiger partial charge in [-0.05, 0) is 30.9 Å². The van der Waals surface area contributed by atoms with E-state index >= 15 is 0 Å². The van der Waals surface area contributed by atoms with Gasteiger partial charge < -0.3 is 9.47 Å². The highest BCUT2D eigenvalue weighted by Gasteiger charge is 2.54. The molecule has 0 aromatic heterocycles. The number of hydrogen-bond donors (Lipinski definition) is 0. The van der Waals surface area contributed by atoms with E-state index in [-0.39, 0.29) is 11.3 Å². The Morgan fingerprint density at radius 1 is 1.00 bits per heavy atom. The summed E-state index contributed by atoms with van der Waals surface area (Å²) in [6, 6.07) is 10.2. The van der Waals surface area contributed by atoms with Crippen LogP contribution in [0, 0.1) is 5.41 Å². The Hall–Kier alpha value is -2.36. The van der Waals surface area contributed by atoms with E-state index < -0.39 is 5.41 Å². The van der Waals surface area contributed by atoms with E-state index in [0.29, 0.717) is 11.5 Å². The number of carbonyl (C=O) groups excluding carboxylic acids is 1. The molecule has 1 saturated carbocycles. The van der Waals surface area contributed by atoms with Crippen molar-refractivity contribution in [3.63, 3.8) is 0 Å².